The molecule has 0 aliphatic rings. The monoisotopic (exact) mass is 220 g/mol. The first-order valence-corrected chi connectivity index (χ1v) is 3.86. The van der Waals surface area contributed by atoms with Crippen molar-refractivity contribution in [2.24, 2.45) is 7.05 Å². The van der Waals surface area contributed by atoms with E-state index in [1.807, 2.05) is 0 Å². The lowest BCUT2D eigenvalue weighted by molar-refractivity contribution is 0.270. The van der Waals surface area contributed by atoms with Crippen molar-refractivity contribution < 1.29 is 9.84 Å². The van der Waals surface area contributed by atoms with Gasteiger partial charge in [0, 0.05) is 7.05 Å². The van der Waals surface area contributed by atoms with Crippen LogP contribution in [0.25, 0.3) is 0 Å². The number of methoxy groups -OCH3 is 1. The molecule has 11 heavy (non-hydrogen) atoms. The highest BCUT2D eigenvalue weighted by molar-refractivity contribution is 9.10. The van der Waals surface area contributed by atoms with Crippen LogP contribution in [0.4, 0.5) is 0 Å². The largest absolute Gasteiger partial charge is 0.479 e. The smallest absolute Gasteiger partial charge is 0.247 e. The second-order valence-electron chi connectivity index (χ2n) is 2.05. The Kier molecular flexibility index (Phi) is 2.51. The molecule has 0 aliphatic carbocycles. The molecule has 0 saturated heterocycles. The molecule has 1 heterocycles. The highest BCUT2D eigenvalue weighted by Crippen LogP contribution is 2.26. The van der Waals surface area contributed by atoms with Crippen LogP contribution < -0.4 is 4.74 Å². The SMILES string of the molecule is COc1nn(C)c(CO)c1Br. The Morgan fingerprint density at radius 2 is 2.36 bits per heavy atom. The highest BCUT2D eigenvalue weighted by Gasteiger charge is 2.12. The van der Waals surface area contributed by atoms with Gasteiger partial charge in [0.1, 0.15) is 4.47 Å². The molecule has 0 aliphatic heterocycles. The van der Waals surface area contributed by atoms with Crippen molar-refractivity contribution in [1.29, 1.82) is 0 Å². The van der Waals surface area contributed by atoms with Crippen molar-refractivity contribution in [3.63, 3.8) is 0 Å². The van der Waals surface area contributed by atoms with Crippen LogP contribution in [0.3, 0.4) is 0 Å². The first-order valence-electron chi connectivity index (χ1n) is 3.07. The zero-order chi connectivity index (χ0) is 8.43. The highest BCUT2D eigenvalue weighted by atomic mass is 79.9. The van der Waals surface area contributed by atoms with E-state index in [4.69, 9.17) is 9.84 Å². The summed E-state index contributed by atoms with van der Waals surface area (Å²) in [5.74, 6) is 0.497. The molecular weight excluding hydrogens is 212 g/mol. The fourth-order valence-electron chi connectivity index (χ4n) is 0.808. The lowest BCUT2D eigenvalue weighted by Crippen LogP contribution is -1.97. The summed E-state index contributed by atoms with van der Waals surface area (Å²) in [6.07, 6.45) is 0. The van der Waals surface area contributed by atoms with Gasteiger partial charge in [-0.2, -0.15) is 0 Å². The van der Waals surface area contributed by atoms with Crippen LogP contribution in [0, 0.1) is 0 Å². The fraction of sp³-hybridized carbons (Fsp3) is 0.500. The first kappa shape index (κ1) is 8.55. The minimum Gasteiger partial charge on any atom is -0.479 e. The number of rotatable bonds is 2. The first-order chi connectivity index (χ1) is 5.20. The fourth-order valence-corrected chi connectivity index (χ4v) is 1.43. The van der Waals surface area contributed by atoms with Gasteiger partial charge < -0.3 is 9.84 Å². The number of aliphatic hydroxyl groups is 1. The van der Waals surface area contributed by atoms with Crippen LogP contribution in [0.2, 0.25) is 0 Å². The predicted molar refractivity (Wildman–Crippen MR) is 43.4 cm³/mol. The quantitative estimate of drug-likeness (QED) is 0.798. The normalized spacial score (nSPS) is 10.2. The van der Waals surface area contributed by atoms with Crippen molar-refractivity contribution in [3.8, 4) is 5.88 Å². The average molecular weight is 221 g/mol. The van der Waals surface area contributed by atoms with Gasteiger partial charge in [-0.1, -0.05) is 0 Å². The van der Waals surface area contributed by atoms with E-state index in [2.05, 4.69) is 21.0 Å². The van der Waals surface area contributed by atoms with Crippen LogP contribution in [0.1, 0.15) is 5.69 Å². The van der Waals surface area contributed by atoms with Gasteiger partial charge in [-0.3, -0.25) is 4.68 Å². The molecule has 1 N–H and O–H groups in total. The molecule has 0 bridgehead atoms. The van der Waals surface area contributed by atoms with E-state index >= 15 is 0 Å². The molecule has 1 aromatic rings. The summed E-state index contributed by atoms with van der Waals surface area (Å²) in [7, 11) is 3.28. The molecule has 1 rings (SSSR count). The Morgan fingerprint density at radius 1 is 1.73 bits per heavy atom. The Bertz CT molecular complexity index is 259. The molecule has 0 amide bonds. The van der Waals surface area contributed by atoms with Gasteiger partial charge in [-0.05, 0) is 15.9 Å². The van der Waals surface area contributed by atoms with Crippen molar-refractivity contribution in [2.45, 2.75) is 6.61 Å². The van der Waals surface area contributed by atoms with Crippen molar-refractivity contribution in [3.05, 3.63) is 10.2 Å². The molecule has 4 nitrogen and oxygen atoms in total. The van der Waals surface area contributed by atoms with Crippen LogP contribution in [-0.2, 0) is 13.7 Å². The van der Waals surface area contributed by atoms with Crippen LogP contribution >= 0.6 is 15.9 Å². The molecule has 62 valence electrons. The molecule has 0 atom stereocenters. The summed E-state index contributed by atoms with van der Waals surface area (Å²) in [6.45, 7) is -0.0482. The van der Waals surface area contributed by atoms with E-state index in [0.717, 1.165) is 0 Å². The summed E-state index contributed by atoms with van der Waals surface area (Å²) in [5, 5.41) is 12.8. The third-order valence-corrected chi connectivity index (χ3v) is 2.21. The molecule has 1 aromatic heterocycles. The number of ether oxygens (including phenoxy) is 1. The van der Waals surface area contributed by atoms with E-state index in [9.17, 15) is 0 Å². The Labute approximate surface area is 72.9 Å². The molecule has 5 heteroatoms. The van der Waals surface area contributed by atoms with Crippen molar-refractivity contribution >= 4 is 15.9 Å². The van der Waals surface area contributed by atoms with Gasteiger partial charge in [0.25, 0.3) is 0 Å². The number of hydrogen-bond acceptors (Lipinski definition) is 3. The van der Waals surface area contributed by atoms with Gasteiger partial charge in [0.15, 0.2) is 0 Å². The van der Waals surface area contributed by atoms with Crippen LogP contribution in [0.5, 0.6) is 5.88 Å². The number of aromatic nitrogens is 2. The predicted octanol–water partition coefficient (Wildman–Crippen LogP) is 0.683. The maximum atomic E-state index is 8.86. The molecule has 0 aromatic carbocycles. The average Bonchev–Trinajstić information content (AvgIpc) is 2.26. The molecule has 0 unspecified atom stereocenters. The zero-order valence-electron chi connectivity index (χ0n) is 6.33. The minimum absolute atomic E-state index is 0.0482. The molecular formula is C6H9BrN2O2. The van der Waals surface area contributed by atoms with Crippen LogP contribution in [0.15, 0.2) is 4.47 Å². The van der Waals surface area contributed by atoms with Gasteiger partial charge in [-0.15, -0.1) is 5.10 Å². The number of hydrogen-bond donors (Lipinski definition) is 1. The third-order valence-electron chi connectivity index (χ3n) is 1.42. The number of halogens is 1. The molecule has 0 spiro atoms. The molecule has 0 saturated carbocycles. The summed E-state index contributed by atoms with van der Waals surface area (Å²) >= 11 is 3.25. The van der Waals surface area contributed by atoms with E-state index in [-0.39, 0.29) is 6.61 Å². The van der Waals surface area contributed by atoms with Crippen molar-refractivity contribution in [2.75, 3.05) is 7.11 Å². The van der Waals surface area contributed by atoms with E-state index in [1.54, 1.807) is 11.7 Å². The van der Waals surface area contributed by atoms with Gasteiger partial charge in [0.2, 0.25) is 5.88 Å². The zero-order valence-corrected chi connectivity index (χ0v) is 7.92. The minimum atomic E-state index is -0.0482. The summed E-state index contributed by atoms with van der Waals surface area (Å²) < 4.78 is 7.20. The molecule has 0 radical (unpaired) electrons. The summed E-state index contributed by atoms with van der Waals surface area (Å²) in [6, 6.07) is 0. The molecule has 0 fully saturated rings. The Balaban J connectivity index is 3.14. The van der Waals surface area contributed by atoms with Crippen LogP contribution in [-0.4, -0.2) is 22.0 Å². The van der Waals surface area contributed by atoms with Gasteiger partial charge >= 0.3 is 0 Å². The van der Waals surface area contributed by atoms with Crippen molar-refractivity contribution in [1.82, 2.24) is 9.78 Å². The van der Waals surface area contributed by atoms with E-state index in [1.165, 1.54) is 7.11 Å². The maximum absolute atomic E-state index is 8.86. The Morgan fingerprint density at radius 3 is 2.64 bits per heavy atom. The lowest BCUT2D eigenvalue weighted by Gasteiger charge is -1.94. The van der Waals surface area contributed by atoms with Gasteiger partial charge in [0.05, 0.1) is 19.4 Å². The van der Waals surface area contributed by atoms with E-state index in [0.29, 0.717) is 16.0 Å². The lowest BCUT2D eigenvalue weighted by atomic mass is 10.4. The third kappa shape index (κ3) is 1.39. The second kappa shape index (κ2) is 3.23. The summed E-state index contributed by atoms with van der Waals surface area (Å²) in [5.41, 5.74) is 0.710. The second-order valence-corrected chi connectivity index (χ2v) is 2.84. The Hall–Kier alpha value is -0.550. The standard InChI is InChI=1S/C6H9BrN2O2/c1-9-4(3-10)5(7)6(8-9)11-2/h10H,3H2,1-2H3. The number of aryl methyl sites for hydroxylation is 1. The number of aliphatic hydroxyl groups excluding tert-OH is 1. The van der Waals surface area contributed by atoms with E-state index < -0.39 is 0 Å². The summed E-state index contributed by atoms with van der Waals surface area (Å²) in [4.78, 5) is 0. The number of nitrogens with zero attached hydrogens (tertiary/aromatic N) is 2. The maximum Gasteiger partial charge on any atom is 0.247 e. The van der Waals surface area contributed by atoms with Gasteiger partial charge in [-0.25, -0.2) is 0 Å². The topological polar surface area (TPSA) is 47.3 Å².